The summed E-state index contributed by atoms with van der Waals surface area (Å²) in [6, 6.07) is 0.209. The zero-order valence-corrected chi connectivity index (χ0v) is 13.6. The Bertz CT molecular complexity index is 551. The number of hydrogen-bond acceptors (Lipinski definition) is 6. The minimum atomic E-state index is -0.111. The number of nitrogens with zero attached hydrogens (tertiary/aromatic N) is 3. The van der Waals surface area contributed by atoms with Crippen molar-refractivity contribution in [3.05, 3.63) is 17.5 Å². The van der Waals surface area contributed by atoms with Crippen molar-refractivity contribution in [3.63, 3.8) is 0 Å². The summed E-state index contributed by atoms with van der Waals surface area (Å²) in [7, 11) is 0. The van der Waals surface area contributed by atoms with Crippen LogP contribution in [0.15, 0.2) is 6.20 Å². The minimum Gasteiger partial charge on any atom is -0.377 e. The van der Waals surface area contributed by atoms with Gasteiger partial charge in [-0.15, -0.1) is 0 Å². The second kappa shape index (κ2) is 7.23. The van der Waals surface area contributed by atoms with Crippen molar-refractivity contribution in [2.45, 2.75) is 44.8 Å². The minimum absolute atomic E-state index is 0.111. The molecule has 0 unspecified atom stereocenters. The monoisotopic (exact) mass is 319 g/mol. The van der Waals surface area contributed by atoms with Gasteiger partial charge in [-0.3, -0.25) is 4.79 Å². The molecule has 7 heteroatoms. The number of nitrogens with two attached hydrogens (primary N) is 1. The van der Waals surface area contributed by atoms with Crippen molar-refractivity contribution in [1.29, 1.82) is 0 Å². The zero-order chi connectivity index (χ0) is 16.2. The van der Waals surface area contributed by atoms with Crippen molar-refractivity contribution in [1.82, 2.24) is 20.2 Å². The fraction of sp³-hybridized carbons (Fsp3) is 0.688. The van der Waals surface area contributed by atoms with Crippen LogP contribution in [0.2, 0.25) is 0 Å². The molecule has 0 aromatic carbocycles. The predicted octanol–water partition coefficient (Wildman–Crippen LogP) is 0.740. The highest BCUT2D eigenvalue weighted by atomic mass is 16.5. The Morgan fingerprint density at radius 1 is 1.43 bits per heavy atom. The van der Waals surface area contributed by atoms with Crippen LogP contribution >= 0.6 is 0 Å². The van der Waals surface area contributed by atoms with E-state index in [1.54, 1.807) is 6.92 Å². The number of hydrogen-bond donors (Lipinski definition) is 2. The van der Waals surface area contributed by atoms with Gasteiger partial charge in [0.15, 0.2) is 0 Å². The van der Waals surface area contributed by atoms with Gasteiger partial charge in [-0.1, -0.05) is 0 Å². The number of piperidine rings is 1. The Morgan fingerprint density at radius 2 is 2.22 bits per heavy atom. The molecule has 2 fully saturated rings. The van der Waals surface area contributed by atoms with Crippen LogP contribution in [0.5, 0.6) is 0 Å². The van der Waals surface area contributed by atoms with Gasteiger partial charge in [0.25, 0.3) is 5.91 Å². The number of amides is 1. The molecule has 1 amide bonds. The Labute approximate surface area is 136 Å². The van der Waals surface area contributed by atoms with Crippen molar-refractivity contribution < 1.29 is 9.53 Å². The highest BCUT2D eigenvalue weighted by Crippen LogP contribution is 2.17. The second-order valence-electron chi connectivity index (χ2n) is 6.41. The lowest BCUT2D eigenvalue weighted by atomic mass is 10.0. The molecule has 0 bridgehead atoms. The topological polar surface area (TPSA) is 93.4 Å². The Morgan fingerprint density at radius 3 is 2.87 bits per heavy atom. The number of ether oxygens (including phenoxy) is 1. The van der Waals surface area contributed by atoms with Gasteiger partial charge in [-0.05, 0) is 32.6 Å². The molecule has 7 nitrogen and oxygen atoms in total. The number of carbonyl (C=O) groups excluding carboxylic acids is 1. The van der Waals surface area contributed by atoms with Crippen LogP contribution in [0.25, 0.3) is 0 Å². The molecular weight excluding hydrogens is 294 g/mol. The van der Waals surface area contributed by atoms with Crippen LogP contribution in [-0.2, 0) is 4.74 Å². The highest BCUT2D eigenvalue weighted by Gasteiger charge is 2.25. The summed E-state index contributed by atoms with van der Waals surface area (Å²) in [6.07, 6.45) is 6.18. The molecule has 1 aromatic rings. The largest absolute Gasteiger partial charge is 0.377 e. The first-order valence-electron chi connectivity index (χ1n) is 8.36. The summed E-state index contributed by atoms with van der Waals surface area (Å²) in [6.45, 7) is 5.70. The number of nitrogens with one attached hydrogen (secondary N) is 1. The molecule has 1 atom stereocenters. The fourth-order valence-electron chi connectivity index (χ4n) is 3.31. The Kier molecular flexibility index (Phi) is 5.07. The number of aryl methyl sites for hydroxylation is 1. The van der Waals surface area contributed by atoms with Crippen molar-refractivity contribution in [2.75, 3.05) is 32.0 Å². The maximum atomic E-state index is 12.3. The molecule has 3 N–H and O–H groups in total. The van der Waals surface area contributed by atoms with E-state index < -0.39 is 0 Å². The van der Waals surface area contributed by atoms with Crippen molar-refractivity contribution >= 4 is 11.9 Å². The number of anilines is 1. The van der Waals surface area contributed by atoms with Gasteiger partial charge in [-0.25, -0.2) is 9.97 Å². The molecule has 2 aliphatic rings. The summed E-state index contributed by atoms with van der Waals surface area (Å²) in [4.78, 5) is 22.7. The van der Waals surface area contributed by atoms with E-state index in [9.17, 15) is 4.79 Å². The fourth-order valence-corrected chi connectivity index (χ4v) is 3.31. The van der Waals surface area contributed by atoms with E-state index in [1.807, 2.05) is 0 Å². The normalized spacial score (nSPS) is 23.1. The van der Waals surface area contributed by atoms with Gasteiger partial charge in [-0.2, -0.15) is 0 Å². The number of nitrogen functional groups attached to an aromatic ring is 1. The molecule has 3 rings (SSSR count). The molecule has 2 aliphatic heterocycles. The van der Waals surface area contributed by atoms with E-state index in [-0.39, 0.29) is 17.9 Å². The van der Waals surface area contributed by atoms with Gasteiger partial charge >= 0.3 is 0 Å². The molecule has 0 aliphatic carbocycles. The van der Waals surface area contributed by atoms with Crippen LogP contribution in [0, 0.1) is 6.92 Å². The van der Waals surface area contributed by atoms with Crippen molar-refractivity contribution in [3.8, 4) is 0 Å². The van der Waals surface area contributed by atoms with Gasteiger partial charge in [0.1, 0.15) is 0 Å². The first-order valence-corrected chi connectivity index (χ1v) is 8.36. The Balaban J connectivity index is 1.47. The maximum absolute atomic E-state index is 12.3. The van der Waals surface area contributed by atoms with Crippen LogP contribution in [0.1, 0.15) is 41.7 Å². The molecule has 3 heterocycles. The van der Waals surface area contributed by atoms with Crippen LogP contribution in [-0.4, -0.2) is 59.2 Å². The lowest BCUT2D eigenvalue weighted by Gasteiger charge is -2.33. The summed E-state index contributed by atoms with van der Waals surface area (Å²) >= 11 is 0. The van der Waals surface area contributed by atoms with Gasteiger partial charge in [0.05, 0.1) is 17.4 Å². The number of carbonyl (C=O) groups is 1. The lowest BCUT2D eigenvalue weighted by Crippen LogP contribution is -2.46. The standard InChI is InChI=1S/C16H25N5O2/c1-11-14(9-18-16(17)19-11)15(22)20-12-4-6-21(7-5-12)10-13-3-2-8-23-13/h9,12-13H,2-8,10H2,1H3,(H,20,22)(H2,17,18,19)/t13-/m1/s1. The quantitative estimate of drug-likeness (QED) is 0.850. The lowest BCUT2D eigenvalue weighted by molar-refractivity contribution is 0.0612. The third kappa shape index (κ3) is 4.17. The number of rotatable bonds is 4. The van der Waals surface area contributed by atoms with Gasteiger partial charge in [0, 0.05) is 38.5 Å². The third-order valence-electron chi connectivity index (χ3n) is 4.65. The molecular formula is C16H25N5O2. The first-order chi connectivity index (χ1) is 11.1. The molecule has 0 radical (unpaired) electrons. The van der Waals surface area contributed by atoms with Crippen LogP contribution in [0.4, 0.5) is 5.95 Å². The first kappa shape index (κ1) is 16.1. The average molecular weight is 319 g/mol. The van der Waals surface area contributed by atoms with Gasteiger partial charge in [0.2, 0.25) is 5.95 Å². The molecule has 2 saturated heterocycles. The predicted molar refractivity (Wildman–Crippen MR) is 87.1 cm³/mol. The SMILES string of the molecule is Cc1nc(N)ncc1C(=O)NC1CCN(C[C@H]2CCCO2)CC1. The highest BCUT2D eigenvalue weighted by molar-refractivity contribution is 5.95. The Hall–Kier alpha value is -1.73. The van der Waals surface area contributed by atoms with E-state index in [0.717, 1.165) is 39.1 Å². The molecule has 0 spiro atoms. The zero-order valence-electron chi connectivity index (χ0n) is 13.6. The molecule has 126 valence electrons. The maximum Gasteiger partial charge on any atom is 0.254 e. The third-order valence-corrected chi connectivity index (χ3v) is 4.65. The van der Waals surface area contributed by atoms with E-state index in [2.05, 4.69) is 20.2 Å². The van der Waals surface area contributed by atoms with Crippen molar-refractivity contribution in [2.24, 2.45) is 0 Å². The summed E-state index contributed by atoms with van der Waals surface area (Å²) in [5.41, 5.74) is 6.64. The second-order valence-corrected chi connectivity index (χ2v) is 6.41. The van der Waals surface area contributed by atoms with E-state index in [4.69, 9.17) is 10.5 Å². The smallest absolute Gasteiger partial charge is 0.254 e. The summed E-state index contributed by atoms with van der Waals surface area (Å²) < 4.78 is 5.69. The van der Waals surface area contributed by atoms with Crippen LogP contribution in [0.3, 0.4) is 0 Å². The molecule has 23 heavy (non-hydrogen) atoms. The number of likely N-dealkylation sites (tertiary alicyclic amines) is 1. The van der Waals surface area contributed by atoms with Crippen LogP contribution < -0.4 is 11.1 Å². The van der Waals surface area contributed by atoms with Gasteiger partial charge < -0.3 is 20.7 Å². The summed E-state index contributed by atoms with van der Waals surface area (Å²) in [5, 5.41) is 3.09. The number of aromatic nitrogens is 2. The van der Waals surface area contributed by atoms with E-state index in [1.165, 1.54) is 19.0 Å². The molecule has 1 aromatic heterocycles. The molecule has 0 saturated carbocycles. The summed E-state index contributed by atoms with van der Waals surface area (Å²) in [5.74, 6) is 0.0848. The average Bonchev–Trinajstić information content (AvgIpc) is 3.02. The van der Waals surface area contributed by atoms with E-state index >= 15 is 0 Å². The van der Waals surface area contributed by atoms with E-state index in [0.29, 0.717) is 17.4 Å².